The van der Waals surface area contributed by atoms with E-state index in [1.807, 2.05) is 24.3 Å². The first-order chi connectivity index (χ1) is 14.5. The van der Waals surface area contributed by atoms with Crippen LogP contribution in [0.5, 0.6) is 0 Å². The highest BCUT2D eigenvalue weighted by molar-refractivity contribution is 8.14. The van der Waals surface area contributed by atoms with Crippen LogP contribution in [0, 0.1) is 11.7 Å². The number of thioether (sulfide) groups is 1. The lowest BCUT2D eigenvalue weighted by Crippen LogP contribution is -2.54. The second kappa shape index (κ2) is 8.88. The lowest BCUT2D eigenvalue weighted by atomic mass is 9.72. The second-order valence-electron chi connectivity index (χ2n) is 7.69. The quantitative estimate of drug-likeness (QED) is 0.800. The fraction of sp³-hybridized carbons (Fsp3) is 0.391. The monoisotopic (exact) mass is 428 g/mol. The average molecular weight is 429 g/mol. The molecular weight excluding hydrogens is 403 g/mol. The molecule has 7 heteroatoms. The molecule has 4 atom stereocenters. The number of benzene rings is 2. The zero-order valence-electron chi connectivity index (χ0n) is 17.0. The molecule has 2 aromatic carbocycles. The van der Waals surface area contributed by atoms with E-state index in [2.05, 4.69) is 12.2 Å². The number of nitrogens with one attached hydrogen (secondary N) is 1. The number of fused-ring (bicyclic) bond motifs is 1. The number of rotatable bonds is 4. The van der Waals surface area contributed by atoms with E-state index in [9.17, 15) is 9.18 Å². The molecule has 0 aromatic heterocycles. The van der Waals surface area contributed by atoms with Crippen molar-refractivity contribution in [2.45, 2.75) is 30.2 Å². The third kappa shape index (κ3) is 4.02. The third-order valence-electron chi connectivity index (χ3n) is 5.78. The highest BCUT2D eigenvalue weighted by atomic mass is 32.2. The number of halogens is 1. The summed E-state index contributed by atoms with van der Waals surface area (Å²) < 4.78 is 26.3. The van der Waals surface area contributed by atoms with Gasteiger partial charge in [0.1, 0.15) is 11.4 Å². The molecule has 1 saturated heterocycles. The average Bonchev–Trinajstić information content (AvgIpc) is 2.75. The van der Waals surface area contributed by atoms with Crippen LogP contribution in [0.25, 0.3) is 0 Å². The molecule has 4 unspecified atom stereocenters. The van der Waals surface area contributed by atoms with Crippen LogP contribution >= 0.6 is 11.8 Å². The SMILES string of the molecule is COCC1CC2C(C)SC(NC(=O)c3ccccc3)=NC2(c2ccccc2F)CO1. The Balaban J connectivity index is 1.71. The van der Waals surface area contributed by atoms with Crippen LogP contribution < -0.4 is 5.32 Å². The van der Waals surface area contributed by atoms with Gasteiger partial charge in [-0.3, -0.25) is 4.79 Å². The van der Waals surface area contributed by atoms with E-state index >= 15 is 0 Å². The summed E-state index contributed by atoms with van der Waals surface area (Å²) >= 11 is 1.51. The maximum Gasteiger partial charge on any atom is 0.257 e. The number of nitrogens with zero attached hydrogens (tertiary/aromatic N) is 1. The number of amidine groups is 1. The van der Waals surface area contributed by atoms with Crippen molar-refractivity contribution in [1.29, 1.82) is 0 Å². The van der Waals surface area contributed by atoms with E-state index in [0.717, 1.165) is 0 Å². The van der Waals surface area contributed by atoms with Crippen LogP contribution in [0.3, 0.4) is 0 Å². The summed E-state index contributed by atoms with van der Waals surface area (Å²) in [7, 11) is 1.65. The van der Waals surface area contributed by atoms with Crippen LogP contribution in [0.4, 0.5) is 4.39 Å². The Morgan fingerprint density at radius 1 is 1.27 bits per heavy atom. The molecule has 30 heavy (non-hydrogen) atoms. The molecule has 0 radical (unpaired) electrons. The standard InChI is InChI=1S/C23H25FN2O3S/c1-15-19-12-17(13-28-2)29-14-23(19,18-10-6-7-11-20(18)24)26-22(30-15)25-21(27)16-8-4-3-5-9-16/h3-11,15,17,19H,12-14H2,1-2H3,(H,25,26,27). The van der Waals surface area contributed by atoms with Gasteiger partial charge in [-0.05, 0) is 24.6 Å². The normalized spacial score (nSPS) is 28.4. The maximum atomic E-state index is 14.9. The van der Waals surface area contributed by atoms with Gasteiger partial charge in [0.25, 0.3) is 5.91 Å². The summed E-state index contributed by atoms with van der Waals surface area (Å²) in [6, 6.07) is 15.7. The number of hydrogen-bond acceptors (Lipinski definition) is 5. The molecule has 0 spiro atoms. The molecule has 0 bridgehead atoms. The summed E-state index contributed by atoms with van der Waals surface area (Å²) in [5, 5.41) is 3.52. The van der Waals surface area contributed by atoms with Crippen LogP contribution in [0.1, 0.15) is 29.3 Å². The molecule has 2 aliphatic heterocycles. The van der Waals surface area contributed by atoms with Gasteiger partial charge < -0.3 is 14.8 Å². The fourth-order valence-electron chi connectivity index (χ4n) is 4.33. The predicted molar refractivity (Wildman–Crippen MR) is 116 cm³/mol. The lowest BCUT2D eigenvalue weighted by molar-refractivity contribution is -0.0881. The van der Waals surface area contributed by atoms with Gasteiger partial charge in [-0.25, -0.2) is 9.38 Å². The smallest absolute Gasteiger partial charge is 0.257 e. The van der Waals surface area contributed by atoms with Crippen molar-refractivity contribution >= 4 is 22.8 Å². The Labute approximate surface area is 180 Å². The third-order valence-corrected chi connectivity index (χ3v) is 6.90. The van der Waals surface area contributed by atoms with Gasteiger partial charge in [0, 0.05) is 29.4 Å². The molecule has 4 rings (SSSR count). The zero-order chi connectivity index (χ0) is 21.1. The van der Waals surface area contributed by atoms with Crippen LogP contribution in [0.15, 0.2) is 59.6 Å². The Kier molecular flexibility index (Phi) is 6.22. The van der Waals surface area contributed by atoms with Gasteiger partial charge in [0.05, 0.1) is 19.3 Å². The molecule has 0 saturated carbocycles. The van der Waals surface area contributed by atoms with E-state index in [-0.39, 0.29) is 35.6 Å². The minimum Gasteiger partial charge on any atom is -0.382 e. The van der Waals surface area contributed by atoms with Crippen LogP contribution in [0.2, 0.25) is 0 Å². The van der Waals surface area contributed by atoms with Gasteiger partial charge in [-0.2, -0.15) is 0 Å². The first kappa shape index (κ1) is 21.0. The largest absolute Gasteiger partial charge is 0.382 e. The molecule has 1 fully saturated rings. The number of methoxy groups -OCH3 is 1. The topological polar surface area (TPSA) is 59.9 Å². The van der Waals surface area contributed by atoms with Crippen LogP contribution in [-0.4, -0.2) is 42.8 Å². The van der Waals surface area contributed by atoms with E-state index in [0.29, 0.717) is 29.3 Å². The minimum atomic E-state index is -0.889. The maximum absolute atomic E-state index is 14.9. The Hall–Kier alpha value is -2.22. The number of carbonyl (C=O) groups excluding carboxylic acids is 1. The lowest BCUT2D eigenvalue weighted by Gasteiger charge is -2.49. The molecule has 0 aliphatic carbocycles. The van der Waals surface area contributed by atoms with Gasteiger partial charge in [0.15, 0.2) is 5.17 Å². The summed E-state index contributed by atoms with van der Waals surface area (Å²) in [6.07, 6.45) is 0.651. The first-order valence-corrected chi connectivity index (χ1v) is 10.9. The van der Waals surface area contributed by atoms with Crippen LogP contribution in [-0.2, 0) is 15.0 Å². The molecule has 2 heterocycles. The van der Waals surface area contributed by atoms with Crippen molar-refractivity contribution in [3.05, 3.63) is 71.5 Å². The van der Waals surface area contributed by atoms with E-state index in [1.54, 1.807) is 31.4 Å². The zero-order valence-corrected chi connectivity index (χ0v) is 17.8. The summed E-state index contributed by atoms with van der Waals surface area (Å²) in [4.78, 5) is 17.6. The minimum absolute atomic E-state index is 0.0469. The molecular formula is C23H25FN2O3S. The van der Waals surface area contributed by atoms with Crippen molar-refractivity contribution in [2.24, 2.45) is 10.9 Å². The first-order valence-electron chi connectivity index (χ1n) is 10.0. The van der Waals surface area contributed by atoms with Gasteiger partial charge in [-0.1, -0.05) is 55.1 Å². The van der Waals surface area contributed by atoms with Crippen molar-refractivity contribution in [3.8, 4) is 0 Å². The number of amides is 1. The Bertz CT molecular complexity index is 939. The molecule has 5 nitrogen and oxygen atoms in total. The molecule has 2 aliphatic rings. The fourth-order valence-corrected chi connectivity index (χ4v) is 5.55. The van der Waals surface area contributed by atoms with Crippen molar-refractivity contribution < 1.29 is 18.7 Å². The van der Waals surface area contributed by atoms with Crippen molar-refractivity contribution in [2.75, 3.05) is 20.3 Å². The number of ether oxygens (including phenoxy) is 2. The molecule has 2 aromatic rings. The van der Waals surface area contributed by atoms with Crippen molar-refractivity contribution in [1.82, 2.24) is 5.32 Å². The molecule has 158 valence electrons. The number of hydrogen-bond donors (Lipinski definition) is 1. The molecule has 1 N–H and O–H groups in total. The van der Waals surface area contributed by atoms with Crippen molar-refractivity contribution in [3.63, 3.8) is 0 Å². The van der Waals surface area contributed by atoms with Gasteiger partial charge in [0.2, 0.25) is 0 Å². The highest BCUT2D eigenvalue weighted by Crippen LogP contribution is 2.49. The van der Waals surface area contributed by atoms with E-state index in [1.165, 1.54) is 17.8 Å². The second-order valence-corrected chi connectivity index (χ2v) is 9.06. The Morgan fingerprint density at radius 3 is 2.73 bits per heavy atom. The van der Waals surface area contributed by atoms with E-state index < -0.39 is 5.54 Å². The predicted octanol–water partition coefficient (Wildman–Crippen LogP) is 3.99. The number of aliphatic imine (C=N–C) groups is 1. The molecule has 1 amide bonds. The summed E-state index contributed by atoms with van der Waals surface area (Å²) in [5.74, 6) is -0.497. The highest BCUT2D eigenvalue weighted by Gasteiger charge is 2.52. The Morgan fingerprint density at radius 2 is 2.00 bits per heavy atom. The summed E-state index contributed by atoms with van der Waals surface area (Å²) in [6.45, 7) is 2.83. The number of carbonyl (C=O) groups is 1. The van der Waals surface area contributed by atoms with E-state index in [4.69, 9.17) is 14.5 Å². The summed E-state index contributed by atoms with van der Waals surface area (Å²) in [5.41, 5.74) is 0.166. The van der Waals surface area contributed by atoms with Gasteiger partial charge in [-0.15, -0.1) is 0 Å². The van der Waals surface area contributed by atoms with Gasteiger partial charge >= 0.3 is 0 Å².